The predicted octanol–water partition coefficient (Wildman–Crippen LogP) is 2.60. The number of rotatable bonds is 5. The minimum atomic E-state index is -3.88. The molecule has 1 aromatic carbocycles. The average molecular weight is 391 g/mol. The Bertz CT molecular complexity index is 568. The van der Waals surface area contributed by atoms with Crippen molar-refractivity contribution in [2.75, 3.05) is 13.7 Å². The number of hydrogen-bond acceptors (Lipinski definition) is 4. The van der Waals surface area contributed by atoms with Gasteiger partial charge in [-0.3, -0.25) is 4.79 Å². The van der Waals surface area contributed by atoms with Crippen molar-refractivity contribution in [3.05, 3.63) is 26.7 Å². The maximum Gasteiger partial charge on any atom is 0.306 e. The Morgan fingerprint density at radius 1 is 1.37 bits per heavy atom. The monoisotopic (exact) mass is 389 g/mol. The Kier molecular flexibility index (Phi) is 6.07. The van der Waals surface area contributed by atoms with E-state index in [1.807, 2.05) is 0 Å². The normalized spacial score (nSPS) is 11.4. The second-order valence-corrected chi connectivity index (χ2v) is 6.86. The number of nitrogens with one attached hydrogen (secondary N) is 1. The molecule has 0 spiro atoms. The fourth-order valence-electron chi connectivity index (χ4n) is 1.25. The van der Waals surface area contributed by atoms with Crippen LogP contribution in [0, 0.1) is 0 Å². The van der Waals surface area contributed by atoms with Crippen LogP contribution in [-0.4, -0.2) is 28.0 Å². The molecule has 0 saturated carbocycles. The molecule has 0 heterocycles. The number of benzene rings is 1. The molecule has 0 atom stereocenters. The van der Waals surface area contributed by atoms with Crippen LogP contribution in [0.3, 0.4) is 0 Å². The van der Waals surface area contributed by atoms with Crippen LogP contribution in [0.5, 0.6) is 0 Å². The molecule has 0 unspecified atom stereocenters. The van der Waals surface area contributed by atoms with Crippen molar-refractivity contribution in [3.8, 4) is 0 Å². The Morgan fingerprint density at radius 2 is 1.89 bits per heavy atom. The van der Waals surface area contributed by atoms with Crippen LogP contribution >= 0.6 is 39.1 Å². The highest BCUT2D eigenvalue weighted by molar-refractivity contribution is 9.10. The zero-order chi connectivity index (χ0) is 14.6. The lowest BCUT2D eigenvalue weighted by molar-refractivity contribution is -0.140. The van der Waals surface area contributed by atoms with Crippen LogP contribution in [0.2, 0.25) is 10.0 Å². The number of halogens is 3. The summed E-state index contributed by atoms with van der Waals surface area (Å²) in [5.74, 6) is -0.518. The smallest absolute Gasteiger partial charge is 0.306 e. The van der Waals surface area contributed by atoms with Crippen LogP contribution < -0.4 is 4.72 Å². The molecule has 0 saturated heterocycles. The molecule has 0 aliphatic carbocycles. The maximum atomic E-state index is 12.0. The van der Waals surface area contributed by atoms with Gasteiger partial charge in [-0.15, -0.1) is 0 Å². The minimum absolute atomic E-state index is 0.00931. The van der Waals surface area contributed by atoms with Crippen molar-refractivity contribution in [3.63, 3.8) is 0 Å². The molecule has 0 aliphatic heterocycles. The van der Waals surface area contributed by atoms with Gasteiger partial charge >= 0.3 is 5.97 Å². The van der Waals surface area contributed by atoms with Gasteiger partial charge in [0, 0.05) is 11.0 Å². The van der Waals surface area contributed by atoms with Crippen molar-refractivity contribution in [1.82, 2.24) is 4.72 Å². The van der Waals surface area contributed by atoms with Crippen LogP contribution in [0.15, 0.2) is 21.5 Å². The molecule has 1 aromatic rings. The number of esters is 1. The number of carbonyl (C=O) groups is 1. The largest absolute Gasteiger partial charge is 0.469 e. The first-order chi connectivity index (χ1) is 8.77. The third-order valence-electron chi connectivity index (χ3n) is 2.08. The Morgan fingerprint density at radius 3 is 2.37 bits per heavy atom. The first-order valence-corrected chi connectivity index (χ1v) is 8.02. The number of methoxy groups -OCH3 is 1. The molecule has 0 amide bonds. The zero-order valence-electron chi connectivity index (χ0n) is 9.74. The van der Waals surface area contributed by atoms with Gasteiger partial charge in [0.1, 0.15) is 4.90 Å². The summed E-state index contributed by atoms with van der Waals surface area (Å²) in [5, 5.41) is -0.0186. The van der Waals surface area contributed by atoms with Gasteiger partial charge < -0.3 is 4.74 Å². The fraction of sp³-hybridized carbons (Fsp3) is 0.300. The third-order valence-corrected chi connectivity index (χ3v) is 4.92. The molecular formula is C10H10BrCl2NO4S. The topological polar surface area (TPSA) is 72.5 Å². The van der Waals surface area contributed by atoms with Crippen molar-refractivity contribution in [2.45, 2.75) is 11.3 Å². The molecule has 1 rings (SSSR count). The molecule has 5 nitrogen and oxygen atoms in total. The van der Waals surface area contributed by atoms with Gasteiger partial charge in [0.25, 0.3) is 0 Å². The lowest BCUT2D eigenvalue weighted by Gasteiger charge is -2.10. The van der Waals surface area contributed by atoms with Gasteiger partial charge in [0.15, 0.2) is 0 Å². The minimum Gasteiger partial charge on any atom is -0.469 e. The van der Waals surface area contributed by atoms with Gasteiger partial charge in [-0.05, 0) is 12.1 Å². The number of hydrogen-bond donors (Lipinski definition) is 1. The van der Waals surface area contributed by atoms with E-state index in [4.69, 9.17) is 23.2 Å². The van der Waals surface area contributed by atoms with Gasteiger partial charge in [0.05, 0.1) is 23.6 Å². The first-order valence-electron chi connectivity index (χ1n) is 4.99. The summed E-state index contributed by atoms with van der Waals surface area (Å²) in [6.07, 6.45) is -0.0818. The average Bonchev–Trinajstić information content (AvgIpc) is 2.26. The van der Waals surface area contributed by atoms with E-state index in [9.17, 15) is 13.2 Å². The zero-order valence-corrected chi connectivity index (χ0v) is 13.7. The first kappa shape index (κ1) is 16.7. The molecule has 0 aromatic heterocycles. The Labute approximate surface area is 129 Å². The van der Waals surface area contributed by atoms with Gasteiger partial charge in [-0.1, -0.05) is 39.1 Å². The van der Waals surface area contributed by atoms with E-state index in [2.05, 4.69) is 25.4 Å². The molecule has 0 aliphatic rings. The molecular weight excluding hydrogens is 381 g/mol. The fourth-order valence-corrected chi connectivity index (χ4v) is 4.21. The van der Waals surface area contributed by atoms with Crippen molar-refractivity contribution in [1.29, 1.82) is 0 Å². The van der Waals surface area contributed by atoms with Crippen molar-refractivity contribution < 1.29 is 17.9 Å². The maximum absolute atomic E-state index is 12.0. The summed E-state index contributed by atoms with van der Waals surface area (Å²) in [5.41, 5.74) is 0. The Balaban J connectivity index is 2.92. The lowest BCUT2D eigenvalue weighted by Crippen LogP contribution is -2.27. The molecule has 0 bridgehead atoms. The third kappa shape index (κ3) is 4.61. The summed E-state index contributed by atoms with van der Waals surface area (Å²) < 4.78 is 31.2. The number of ether oxygens (including phenoxy) is 1. The summed E-state index contributed by atoms with van der Waals surface area (Å²) in [6.45, 7) is -0.0995. The van der Waals surface area contributed by atoms with E-state index in [-0.39, 0.29) is 27.9 Å². The van der Waals surface area contributed by atoms with Crippen molar-refractivity contribution in [2.24, 2.45) is 0 Å². The highest BCUT2D eigenvalue weighted by Crippen LogP contribution is 2.32. The number of carbonyl (C=O) groups excluding carboxylic acids is 1. The molecule has 9 heteroatoms. The van der Waals surface area contributed by atoms with E-state index >= 15 is 0 Å². The van der Waals surface area contributed by atoms with E-state index in [1.165, 1.54) is 19.2 Å². The second kappa shape index (κ2) is 6.90. The lowest BCUT2D eigenvalue weighted by atomic mass is 10.4. The number of sulfonamides is 1. The summed E-state index contributed by atoms with van der Waals surface area (Å²) >= 11 is 14.9. The summed E-state index contributed by atoms with van der Waals surface area (Å²) in [6, 6.07) is 2.84. The van der Waals surface area contributed by atoms with Crippen LogP contribution in [0.4, 0.5) is 0 Å². The second-order valence-electron chi connectivity index (χ2n) is 3.42. The quantitative estimate of drug-likeness (QED) is 0.784. The highest BCUT2D eigenvalue weighted by atomic mass is 79.9. The summed E-state index contributed by atoms with van der Waals surface area (Å²) in [4.78, 5) is 10.7. The Hall–Kier alpha value is -0.340. The van der Waals surface area contributed by atoms with E-state index in [1.54, 1.807) is 0 Å². The van der Waals surface area contributed by atoms with Crippen LogP contribution in [0.1, 0.15) is 6.42 Å². The van der Waals surface area contributed by atoms with Gasteiger partial charge in [0.2, 0.25) is 10.0 Å². The molecule has 0 fully saturated rings. The van der Waals surface area contributed by atoms with E-state index in [0.717, 1.165) is 0 Å². The molecule has 0 radical (unpaired) electrons. The van der Waals surface area contributed by atoms with Gasteiger partial charge in [-0.2, -0.15) is 0 Å². The van der Waals surface area contributed by atoms with Crippen LogP contribution in [-0.2, 0) is 19.6 Å². The standard InChI is InChI=1S/C10H10BrCl2NO4S/c1-18-9(15)2-3-14-19(16,17)10-7(12)4-6(11)5-8(10)13/h4-5,14H,2-3H2,1H3. The highest BCUT2D eigenvalue weighted by Gasteiger charge is 2.22. The van der Waals surface area contributed by atoms with Crippen LogP contribution in [0.25, 0.3) is 0 Å². The predicted molar refractivity (Wildman–Crippen MR) is 76.0 cm³/mol. The summed E-state index contributed by atoms with van der Waals surface area (Å²) in [7, 11) is -2.66. The van der Waals surface area contributed by atoms with E-state index < -0.39 is 16.0 Å². The molecule has 19 heavy (non-hydrogen) atoms. The SMILES string of the molecule is COC(=O)CCNS(=O)(=O)c1c(Cl)cc(Br)cc1Cl. The van der Waals surface area contributed by atoms with Gasteiger partial charge in [-0.25, -0.2) is 13.1 Å². The van der Waals surface area contributed by atoms with Crippen molar-refractivity contribution >= 4 is 55.1 Å². The molecule has 106 valence electrons. The molecule has 1 N–H and O–H groups in total. The van der Waals surface area contributed by atoms with E-state index in [0.29, 0.717) is 4.47 Å².